The molecule has 1 aliphatic carbocycles. The summed E-state index contributed by atoms with van der Waals surface area (Å²) in [4.78, 5) is 0. The Morgan fingerprint density at radius 2 is 2.36 bits per heavy atom. The molecule has 1 fully saturated rings. The first kappa shape index (κ1) is 10.1. The Kier molecular flexibility index (Phi) is 3.48. The quantitative estimate of drug-likeness (QED) is 0.833. The summed E-state index contributed by atoms with van der Waals surface area (Å²) >= 11 is 1.43. The van der Waals surface area contributed by atoms with Gasteiger partial charge in [-0.1, -0.05) is 24.3 Å². The molecule has 1 saturated carbocycles. The van der Waals surface area contributed by atoms with Crippen molar-refractivity contribution < 1.29 is 0 Å². The zero-order chi connectivity index (χ0) is 9.80. The van der Waals surface area contributed by atoms with Crippen LogP contribution in [-0.4, -0.2) is 15.6 Å². The van der Waals surface area contributed by atoms with Gasteiger partial charge in [-0.05, 0) is 30.3 Å². The molecule has 1 aromatic heterocycles. The Morgan fingerprint density at radius 3 is 3.07 bits per heavy atom. The summed E-state index contributed by atoms with van der Waals surface area (Å²) in [6.45, 7) is 3.22. The van der Waals surface area contributed by atoms with Gasteiger partial charge in [-0.15, -0.1) is 5.10 Å². The van der Waals surface area contributed by atoms with Crippen LogP contribution in [0.15, 0.2) is 5.38 Å². The van der Waals surface area contributed by atoms with E-state index in [0.29, 0.717) is 6.04 Å². The van der Waals surface area contributed by atoms with E-state index in [1.165, 1.54) is 37.2 Å². The Bertz CT molecular complexity index is 260. The minimum Gasteiger partial charge on any atom is -0.308 e. The number of rotatable bonds is 3. The summed E-state index contributed by atoms with van der Waals surface area (Å²) in [6.07, 6.45) is 5.46. The summed E-state index contributed by atoms with van der Waals surface area (Å²) < 4.78 is 3.86. The van der Waals surface area contributed by atoms with Crippen LogP contribution in [0.1, 0.15) is 38.3 Å². The maximum Gasteiger partial charge on any atom is 0.0893 e. The normalized spacial score (nSPS) is 27.8. The number of aromatic nitrogens is 2. The van der Waals surface area contributed by atoms with E-state index in [9.17, 15) is 0 Å². The van der Waals surface area contributed by atoms with Crippen molar-refractivity contribution in [3.63, 3.8) is 0 Å². The highest BCUT2D eigenvalue weighted by molar-refractivity contribution is 7.03. The fraction of sp³-hybridized carbons (Fsp3) is 0.800. The van der Waals surface area contributed by atoms with E-state index in [0.717, 1.165) is 18.2 Å². The summed E-state index contributed by atoms with van der Waals surface area (Å²) in [5, 5.41) is 9.62. The van der Waals surface area contributed by atoms with E-state index in [1.807, 2.05) is 5.38 Å². The van der Waals surface area contributed by atoms with Crippen molar-refractivity contribution in [3.8, 4) is 0 Å². The third kappa shape index (κ3) is 2.51. The van der Waals surface area contributed by atoms with Gasteiger partial charge in [0.05, 0.1) is 5.69 Å². The van der Waals surface area contributed by atoms with Gasteiger partial charge in [-0.25, -0.2) is 0 Å². The number of hydrogen-bond acceptors (Lipinski definition) is 4. The van der Waals surface area contributed by atoms with E-state index >= 15 is 0 Å². The summed E-state index contributed by atoms with van der Waals surface area (Å²) in [7, 11) is 0. The Morgan fingerprint density at radius 1 is 1.50 bits per heavy atom. The largest absolute Gasteiger partial charge is 0.308 e. The van der Waals surface area contributed by atoms with Crippen molar-refractivity contribution >= 4 is 11.5 Å². The SMILES string of the molecule is C[C@@H]1CCCC[C@@H]1NCc1csnn1. The van der Waals surface area contributed by atoms with Gasteiger partial charge in [0, 0.05) is 18.0 Å². The lowest BCUT2D eigenvalue weighted by Crippen LogP contribution is -2.36. The Hall–Kier alpha value is -0.480. The first-order valence-corrected chi connectivity index (χ1v) is 6.19. The maximum atomic E-state index is 4.03. The molecule has 1 N–H and O–H groups in total. The third-order valence-corrected chi connectivity index (χ3v) is 3.62. The van der Waals surface area contributed by atoms with E-state index in [-0.39, 0.29) is 0 Å². The van der Waals surface area contributed by atoms with Crippen molar-refractivity contribution in [2.45, 2.75) is 45.2 Å². The molecule has 3 nitrogen and oxygen atoms in total. The smallest absolute Gasteiger partial charge is 0.0893 e. The standard InChI is InChI=1S/C10H17N3S/c1-8-4-2-3-5-10(8)11-6-9-7-14-13-12-9/h7-8,10-11H,2-6H2,1H3/t8-,10+/m1/s1. The topological polar surface area (TPSA) is 37.8 Å². The van der Waals surface area contributed by atoms with Crippen LogP contribution in [-0.2, 0) is 6.54 Å². The van der Waals surface area contributed by atoms with E-state index in [1.54, 1.807) is 0 Å². The van der Waals surface area contributed by atoms with Gasteiger partial charge in [-0.3, -0.25) is 0 Å². The molecule has 0 radical (unpaired) electrons. The maximum absolute atomic E-state index is 4.03. The zero-order valence-corrected chi connectivity index (χ0v) is 9.39. The molecule has 1 aliphatic rings. The molecule has 1 heterocycles. The van der Waals surface area contributed by atoms with Crippen LogP contribution in [0.5, 0.6) is 0 Å². The lowest BCUT2D eigenvalue weighted by Gasteiger charge is -2.29. The molecule has 4 heteroatoms. The van der Waals surface area contributed by atoms with Crippen LogP contribution in [0, 0.1) is 5.92 Å². The van der Waals surface area contributed by atoms with Crippen LogP contribution in [0.3, 0.4) is 0 Å². The second-order valence-electron chi connectivity index (χ2n) is 4.15. The van der Waals surface area contributed by atoms with Crippen molar-refractivity contribution in [2.24, 2.45) is 5.92 Å². The highest BCUT2D eigenvalue weighted by atomic mass is 32.1. The van der Waals surface area contributed by atoms with Crippen LogP contribution >= 0.6 is 11.5 Å². The fourth-order valence-corrected chi connectivity index (χ4v) is 2.57. The minimum atomic E-state index is 0.686. The van der Waals surface area contributed by atoms with Gasteiger partial charge in [0.25, 0.3) is 0 Å². The molecular weight excluding hydrogens is 194 g/mol. The molecule has 0 amide bonds. The average molecular weight is 211 g/mol. The Balaban J connectivity index is 1.79. The molecule has 0 unspecified atom stereocenters. The van der Waals surface area contributed by atoms with Gasteiger partial charge in [0.15, 0.2) is 0 Å². The molecule has 0 spiro atoms. The lowest BCUT2D eigenvalue weighted by atomic mass is 9.86. The van der Waals surface area contributed by atoms with Crippen LogP contribution in [0.2, 0.25) is 0 Å². The molecule has 0 aromatic carbocycles. The second kappa shape index (κ2) is 4.84. The van der Waals surface area contributed by atoms with Gasteiger partial charge in [-0.2, -0.15) is 0 Å². The lowest BCUT2D eigenvalue weighted by molar-refractivity contribution is 0.278. The van der Waals surface area contributed by atoms with E-state index in [4.69, 9.17) is 0 Å². The first-order chi connectivity index (χ1) is 6.86. The molecule has 0 aliphatic heterocycles. The van der Waals surface area contributed by atoms with Gasteiger partial charge in [0.2, 0.25) is 0 Å². The second-order valence-corrected chi connectivity index (χ2v) is 4.76. The molecule has 0 bridgehead atoms. The summed E-state index contributed by atoms with van der Waals surface area (Å²) in [5.74, 6) is 0.815. The minimum absolute atomic E-state index is 0.686. The molecular formula is C10H17N3S. The molecule has 2 rings (SSSR count). The van der Waals surface area contributed by atoms with Gasteiger partial charge in [0.1, 0.15) is 0 Å². The van der Waals surface area contributed by atoms with Crippen molar-refractivity contribution in [1.29, 1.82) is 0 Å². The summed E-state index contributed by atoms with van der Waals surface area (Å²) in [6, 6.07) is 0.686. The molecule has 2 atom stereocenters. The fourth-order valence-electron chi connectivity index (χ4n) is 2.12. The Labute approximate surface area is 89.1 Å². The van der Waals surface area contributed by atoms with Crippen molar-refractivity contribution in [1.82, 2.24) is 14.9 Å². The van der Waals surface area contributed by atoms with Crippen molar-refractivity contribution in [2.75, 3.05) is 0 Å². The van der Waals surface area contributed by atoms with E-state index in [2.05, 4.69) is 21.8 Å². The number of hydrogen-bond donors (Lipinski definition) is 1. The monoisotopic (exact) mass is 211 g/mol. The first-order valence-electron chi connectivity index (χ1n) is 5.35. The summed E-state index contributed by atoms with van der Waals surface area (Å²) in [5.41, 5.74) is 1.08. The predicted molar refractivity (Wildman–Crippen MR) is 58.2 cm³/mol. The third-order valence-electron chi connectivity index (χ3n) is 3.06. The van der Waals surface area contributed by atoms with E-state index < -0.39 is 0 Å². The molecule has 1 aromatic rings. The zero-order valence-electron chi connectivity index (χ0n) is 8.57. The number of nitrogens with zero attached hydrogens (tertiary/aromatic N) is 2. The van der Waals surface area contributed by atoms with Gasteiger partial charge < -0.3 is 5.32 Å². The van der Waals surface area contributed by atoms with Crippen molar-refractivity contribution in [3.05, 3.63) is 11.1 Å². The van der Waals surface area contributed by atoms with Gasteiger partial charge >= 0.3 is 0 Å². The molecule has 78 valence electrons. The highest BCUT2D eigenvalue weighted by Gasteiger charge is 2.20. The van der Waals surface area contributed by atoms with Crippen LogP contribution in [0.4, 0.5) is 0 Å². The molecule has 0 saturated heterocycles. The van der Waals surface area contributed by atoms with Crippen LogP contribution in [0.25, 0.3) is 0 Å². The van der Waals surface area contributed by atoms with Crippen LogP contribution < -0.4 is 5.32 Å². The average Bonchev–Trinajstić information content (AvgIpc) is 2.69. The molecule has 14 heavy (non-hydrogen) atoms. The number of nitrogens with one attached hydrogen (secondary N) is 1. The highest BCUT2D eigenvalue weighted by Crippen LogP contribution is 2.23. The predicted octanol–water partition coefficient (Wildman–Crippen LogP) is 2.21.